The Bertz CT molecular complexity index is 730. The second-order valence-corrected chi connectivity index (χ2v) is 6.68. The van der Waals surface area contributed by atoms with Gasteiger partial charge in [0.2, 0.25) is 0 Å². The van der Waals surface area contributed by atoms with E-state index in [0.29, 0.717) is 13.1 Å². The SMILES string of the molecule is CCNC(=NCc1ccnc(N2CCN(C)CC2)c1)NCc1ccccn1.I. The van der Waals surface area contributed by atoms with Gasteiger partial charge in [0.05, 0.1) is 18.8 Å². The highest BCUT2D eigenvalue weighted by Gasteiger charge is 2.15. The Kier molecular flexibility index (Phi) is 9.42. The Balaban J connectivity index is 0.00000280. The number of anilines is 1. The van der Waals surface area contributed by atoms with Crippen LogP contribution in [0.4, 0.5) is 5.82 Å². The number of rotatable bonds is 6. The molecule has 1 aliphatic rings. The molecule has 1 aliphatic heterocycles. The van der Waals surface area contributed by atoms with Crippen molar-refractivity contribution in [3.05, 3.63) is 54.0 Å². The fourth-order valence-corrected chi connectivity index (χ4v) is 2.96. The maximum absolute atomic E-state index is 4.71. The first-order valence-corrected chi connectivity index (χ1v) is 9.55. The topological polar surface area (TPSA) is 68.7 Å². The second-order valence-electron chi connectivity index (χ2n) is 6.68. The quantitative estimate of drug-likeness (QED) is 0.364. The molecule has 3 rings (SSSR count). The molecule has 0 saturated carbocycles. The fourth-order valence-electron chi connectivity index (χ4n) is 2.96. The summed E-state index contributed by atoms with van der Waals surface area (Å²) < 4.78 is 0. The zero-order valence-electron chi connectivity index (χ0n) is 16.6. The molecule has 2 aromatic rings. The average Bonchev–Trinajstić information content (AvgIpc) is 2.71. The van der Waals surface area contributed by atoms with Crippen LogP contribution in [0.1, 0.15) is 18.2 Å². The molecule has 7 nitrogen and oxygen atoms in total. The normalized spacial score (nSPS) is 15.1. The Morgan fingerprint density at radius 2 is 1.89 bits per heavy atom. The highest BCUT2D eigenvalue weighted by molar-refractivity contribution is 14.0. The molecule has 2 aromatic heterocycles. The summed E-state index contributed by atoms with van der Waals surface area (Å²) in [5.41, 5.74) is 2.15. The third-order valence-corrected chi connectivity index (χ3v) is 4.56. The number of likely N-dealkylation sites (N-methyl/N-ethyl adjacent to an activating group) is 1. The monoisotopic (exact) mass is 495 g/mol. The van der Waals surface area contributed by atoms with E-state index in [0.717, 1.165) is 55.8 Å². The van der Waals surface area contributed by atoms with Crippen molar-refractivity contribution in [3.8, 4) is 0 Å². The van der Waals surface area contributed by atoms with E-state index in [-0.39, 0.29) is 24.0 Å². The second kappa shape index (κ2) is 11.8. The van der Waals surface area contributed by atoms with Crippen molar-refractivity contribution in [2.75, 3.05) is 44.7 Å². The molecule has 0 amide bonds. The smallest absolute Gasteiger partial charge is 0.191 e. The number of hydrogen-bond acceptors (Lipinski definition) is 5. The Morgan fingerprint density at radius 3 is 2.61 bits per heavy atom. The van der Waals surface area contributed by atoms with E-state index in [1.807, 2.05) is 30.5 Å². The number of guanidine groups is 1. The summed E-state index contributed by atoms with van der Waals surface area (Å²) in [6, 6.07) is 10.1. The summed E-state index contributed by atoms with van der Waals surface area (Å²) in [5, 5.41) is 6.62. The molecule has 0 unspecified atom stereocenters. The van der Waals surface area contributed by atoms with E-state index >= 15 is 0 Å². The Hall–Kier alpha value is -1.94. The third kappa shape index (κ3) is 6.90. The van der Waals surface area contributed by atoms with Gasteiger partial charge in [-0.05, 0) is 43.8 Å². The molecule has 0 aromatic carbocycles. The molecular formula is C20H30IN7. The number of nitrogens with one attached hydrogen (secondary N) is 2. The van der Waals surface area contributed by atoms with Gasteiger partial charge in [-0.15, -0.1) is 24.0 Å². The van der Waals surface area contributed by atoms with Gasteiger partial charge in [-0.2, -0.15) is 0 Å². The minimum absolute atomic E-state index is 0. The van der Waals surface area contributed by atoms with Gasteiger partial charge in [0.15, 0.2) is 5.96 Å². The van der Waals surface area contributed by atoms with Gasteiger partial charge in [0.1, 0.15) is 5.82 Å². The highest BCUT2D eigenvalue weighted by atomic mass is 127. The summed E-state index contributed by atoms with van der Waals surface area (Å²) in [5.74, 6) is 1.84. The molecule has 28 heavy (non-hydrogen) atoms. The van der Waals surface area contributed by atoms with E-state index in [1.165, 1.54) is 0 Å². The highest BCUT2D eigenvalue weighted by Crippen LogP contribution is 2.15. The van der Waals surface area contributed by atoms with Crippen LogP contribution in [0.3, 0.4) is 0 Å². The molecule has 1 fully saturated rings. The lowest BCUT2D eigenvalue weighted by atomic mass is 10.2. The zero-order valence-corrected chi connectivity index (χ0v) is 19.0. The van der Waals surface area contributed by atoms with Crippen LogP contribution >= 0.6 is 24.0 Å². The Labute approximate surface area is 184 Å². The van der Waals surface area contributed by atoms with Crippen molar-refractivity contribution in [2.24, 2.45) is 4.99 Å². The lowest BCUT2D eigenvalue weighted by Gasteiger charge is -2.33. The van der Waals surface area contributed by atoms with E-state index in [2.05, 4.69) is 50.4 Å². The minimum atomic E-state index is 0. The van der Waals surface area contributed by atoms with Crippen LogP contribution < -0.4 is 15.5 Å². The lowest BCUT2D eigenvalue weighted by Crippen LogP contribution is -2.44. The first-order valence-electron chi connectivity index (χ1n) is 9.55. The van der Waals surface area contributed by atoms with Crippen molar-refractivity contribution in [1.29, 1.82) is 0 Å². The summed E-state index contributed by atoms with van der Waals surface area (Å²) in [7, 11) is 2.16. The largest absolute Gasteiger partial charge is 0.357 e. The molecule has 0 aliphatic carbocycles. The number of nitrogens with zero attached hydrogens (tertiary/aromatic N) is 5. The molecule has 0 spiro atoms. The zero-order chi connectivity index (χ0) is 18.9. The summed E-state index contributed by atoms with van der Waals surface area (Å²) in [6.07, 6.45) is 3.69. The van der Waals surface area contributed by atoms with Gasteiger partial charge < -0.3 is 20.4 Å². The van der Waals surface area contributed by atoms with Crippen LogP contribution in [-0.2, 0) is 13.1 Å². The molecule has 2 N–H and O–H groups in total. The van der Waals surface area contributed by atoms with Gasteiger partial charge in [0.25, 0.3) is 0 Å². The van der Waals surface area contributed by atoms with Crippen molar-refractivity contribution in [2.45, 2.75) is 20.0 Å². The minimum Gasteiger partial charge on any atom is -0.357 e. The fraction of sp³-hybridized carbons (Fsp3) is 0.450. The number of pyridine rings is 2. The van der Waals surface area contributed by atoms with Crippen molar-refractivity contribution in [3.63, 3.8) is 0 Å². The number of aliphatic imine (C=N–C) groups is 1. The van der Waals surface area contributed by atoms with E-state index in [1.54, 1.807) is 6.20 Å². The maximum atomic E-state index is 4.71. The predicted octanol–water partition coefficient (Wildman–Crippen LogP) is 2.10. The van der Waals surface area contributed by atoms with E-state index in [4.69, 9.17) is 4.99 Å². The number of halogens is 1. The van der Waals surface area contributed by atoms with E-state index < -0.39 is 0 Å². The number of piperazine rings is 1. The lowest BCUT2D eigenvalue weighted by molar-refractivity contribution is 0.312. The van der Waals surface area contributed by atoms with Gasteiger partial charge >= 0.3 is 0 Å². The van der Waals surface area contributed by atoms with E-state index in [9.17, 15) is 0 Å². The molecule has 3 heterocycles. The number of hydrogen-bond donors (Lipinski definition) is 2. The molecule has 152 valence electrons. The summed E-state index contributed by atoms with van der Waals surface area (Å²) in [6.45, 7) is 8.33. The van der Waals surface area contributed by atoms with Gasteiger partial charge in [-0.3, -0.25) is 4.98 Å². The summed E-state index contributed by atoms with van der Waals surface area (Å²) in [4.78, 5) is 18.3. The van der Waals surface area contributed by atoms with Crippen molar-refractivity contribution in [1.82, 2.24) is 25.5 Å². The molecular weight excluding hydrogens is 465 g/mol. The predicted molar refractivity (Wildman–Crippen MR) is 125 cm³/mol. The van der Waals surface area contributed by atoms with Gasteiger partial charge in [0, 0.05) is 45.1 Å². The standard InChI is InChI=1S/C20H29N7.HI/c1-3-21-20(25-16-18-6-4-5-8-22-18)24-15-17-7-9-23-19(14-17)27-12-10-26(2)11-13-27;/h4-9,14H,3,10-13,15-16H2,1-2H3,(H2,21,24,25);1H. The van der Waals surface area contributed by atoms with Crippen LogP contribution in [0.25, 0.3) is 0 Å². The van der Waals surface area contributed by atoms with Gasteiger partial charge in [-0.1, -0.05) is 6.07 Å². The first kappa shape index (κ1) is 22.4. The molecule has 0 radical (unpaired) electrons. The van der Waals surface area contributed by atoms with Crippen molar-refractivity contribution >= 4 is 35.8 Å². The van der Waals surface area contributed by atoms with Crippen LogP contribution in [0.15, 0.2) is 47.7 Å². The van der Waals surface area contributed by atoms with Gasteiger partial charge in [-0.25, -0.2) is 9.98 Å². The van der Waals surface area contributed by atoms with Crippen LogP contribution in [0.2, 0.25) is 0 Å². The molecule has 1 saturated heterocycles. The number of aromatic nitrogens is 2. The molecule has 0 atom stereocenters. The molecule has 8 heteroatoms. The van der Waals surface area contributed by atoms with Crippen LogP contribution in [0, 0.1) is 0 Å². The molecule has 0 bridgehead atoms. The first-order chi connectivity index (χ1) is 13.2. The Morgan fingerprint density at radius 1 is 1.07 bits per heavy atom. The van der Waals surface area contributed by atoms with Crippen molar-refractivity contribution < 1.29 is 0 Å². The average molecular weight is 495 g/mol. The summed E-state index contributed by atoms with van der Waals surface area (Å²) >= 11 is 0. The third-order valence-electron chi connectivity index (χ3n) is 4.56. The maximum Gasteiger partial charge on any atom is 0.191 e. The van der Waals surface area contributed by atoms with Crippen LogP contribution in [0.5, 0.6) is 0 Å². The van der Waals surface area contributed by atoms with Crippen LogP contribution in [-0.4, -0.2) is 60.6 Å².